The Hall–Kier alpha value is -6.44. The maximum atomic E-state index is 10.7. The summed E-state index contributed by atoms with van der Waals surface area (Å²) in [5, 5.41) is 18.1. The molecule has 50 heavy (non-hydrogen) atoms. The second-order valence-electron chi connectivity index (χ2n) is 13.0. The zero-order valence-electron chi connectivity index (χ0n) is 27.8. The van der Waals surface area contributed by atoms with E-state index in [1.807, 2.05) is 18.2 Å². The molecule has 0 radical (unpaired) electrons. The van der Waals surface area contributed by atoms with E-state index in [2.05, 4.69) is 165 Å². The molecule has 0 aliphatic rings. The molecular formula is C49H34O. The Kier molecular flexibility index (Phi) is 7.25. The number of phenolic OH excluding ortho intramolecular Hbond substituents is 1. The summed E-state index contributed by atoms with van der Waals surface area (Å²) >= 11 is 0. The van der Waals surface area contributed by atoms with Crippen molar-refractivity contribution in [3.63, 3.8) is 0 Å². The summed E-state index contributed by atoms with van der Waals surface area (Å²) < 4.78 is 0. The molecule has 9 aromatic rings. The first-order valence-electron chi connectivity index (χ1n) is 17.2. The normalized spacial score (nSPS) is 11.4. The number of rotatable bonds is 5. The van der Waals surface area contributed by atoms with Gasteiger partial charge in [0.25, 0.3) is 0 Å². The van der Waals surface area contributed by atoms with Crippen LogP contribution in [0.1, 0.15) is 5.56 Å². The predicted molar refractivity (Wildman–Crippen MR) is 213 cm³/mol. The molecule has 0 fully saturated rings. The minimum absolute atomic E-state index is 0.294. The Morgan fingerprint density at radius 1 is 0.320 bits per heavy atom. The van der Waals surface area contributed by atoms with Crippen molar-refractivity contribution in [1.29, 1.82) is 0 Å². The molecule has 1 N–H and O–H groups in total. The summed E-state index contributed by atoms with van der Waals surface area (Å²) in [5.41, 5.74) is 12.7. The summed E-state index contributed by atoms with van der Waals surface area (Å²) in [6.07, 6.45) is 0. The first-order valence-corrected chi connectivity index (χ1v) is 17.2. The molecule has 0 saturated carbocycles. The molecule has 0 heterocycles. The molecule has 1 heteroatoms. The first-order chi connectivity index (χ1) is 24.7. The number of para-hydroxylation sites is 1. The van der Waals surface area contributed by atoms with Crippen molar-refractivity contribution >= 4 is 32.3 Å². The Morgan fingerprint density at radius 3 is 1.48 bits per heavy atom. The van der Waals surface area contributed by atoms with Crippen molar-refractivity contribution in [2.24, 2.45) is 0 Å². The van der Waals surface area contributed by atoms with E-state index in [4.69, 9.17) is 0 Å². The molecule has 0 spiro atoms. The Bertz CT molecular complexity index is 2650. The molecule has 0 aromatic heterocycles. The van der Waals surface area contributed by atoms with Gasteiger partial charge in [0.15, 0.2) is 0 Å². The number of phenols is 1. The lowest BCUT2D eigenvalue weighted by atomic mass is 9.84. The lowest BCUT2D eigenvalue weighted by Gasteiger charge is -2.19. The van der Waals surface area contributed by atoms with Crippen LogP contribution < -0.4 is 0 Å². The van der Waals surface area contributed by atoms with Gasteiger partial charge in [0, 0.05) is 5.56 Å². The minimum atomic E-state index is 0.294. The Labute approximate surface area is 292 Å². The van der Waals surface area contributed by atoms with Gasteiger partial charge in [-0.15, -0.1) is 0 Å². The molecule has 0 aliphatic heterocycles. The number of fused-ring (bicyclic) bond motifs is 3. The van der Waals surface area contributed by atoms with E-state index >= 15 is 0 Å². The highest BCUT2D eigenvalue weighted by Crippen LogP contribution is 2.45. The lowest BCUT2D eigenvalue weighted by Crippen LogP contribution is -1.92. The highest BCUT2D eigenvalue weighted by molar-refractivity contribution is 6.21. The smallest absolute Gasteiger partial charge is 0.123 e. The van der Waals surface area contributed by atoms with Crippen molar-refractivity contribution in [3.05, 3.63) is 188 Å². The van der Waals surface area contributed by atoms with E-state index in [-0.39, 0.29) is 0 Å². The van der Waals surface area contributed by atoms with Gasteiger partial charge in [0.2, 0.25) is 0 Å². The molecule has 0 saturated heterocycles. The molecule has 0 atom stereocenters. The van der Waals surface area contributed by atoms with Gasteiger partial charge in [-0.25, -0.2) is 0 Å². The van der Waals surface area contributed by atoms with Crippen molar-refractivity contribution in [2.45, 2.75) is 6.92 Å². The van der Waals surface area contributed by atoms with Gasteiger partial charge >= 0.3 is 0 Å². The fourth-order valence-electron chi connectivity index (χ4n) is 7.83. The topological polar surface area (TPSA) is 20.2 Å². The van der Waals surface area contributed by atoms with Gasteiger partial charge in [-0.3, -0.25) is 0 Å². The fraction of sp³-hybridized carbons (Fsp3) is 0.0204. The number of hydrogen-bond acceptors (Lipinski definition) is 1. The average molecular weight is 639 g/mol. The van der Waals surface area contributed by atoms with Crippen LogP contribution in [0.15, 0.2) is 182 Å². The van der Waals surface area contributed by atoms with Gasteiger partial charge < -0.3 is 5.11 Å². The third-order valence-corrected chi connectivity index (χ3v) is 10.2. The zero-order chi connectivity index (χ0) is 33.6. The number of aromatic hydroxyl groups is 1. The predicted octanol–water partition coefficient (Wildman–Crippen LogP) is 13.5. The number of benzene rings is 9. The maximum Gasteiger partial charge on any atom is 0.123 e. The highest BCUT2D eigenvalue weighted by atomic mass is 16.3. The summed E-state index contributed by atoms with van der Waals surface area (Å²) in [6.45, 7) is 2.15. The molecule has 9 aromatic carbocycles. The van der Waals surface area contributed by atoms with Crippen molar-refractivity contribution in [2.75, 3.05) is 0 Å². The fourth-order valence-corrected chi connectivity index (χ4v) is 7.83. The van der Waals surface area contributed by atoms with Crippen LogP contribution in [0.3, 0.4) is 0 Å². The minimum Gasteiger partial charge on any atom is -0.507 e. The van der Waals surface area contributed by atoms with Crippen LogP contribution >= 0.6 is 0 Å². The third-order valence-electron chi connectivity index (χ3n) is 10.2. The van der Waals surface area contributed by atoms with Crippen LogP contribution in [0.25, 0.3) is 88.0 Å². The molecule has 0 unspecified atom stereocenters. The average Bonchev–Trinajstić information content (AvgIpc) is 3.17. The molecule has 236 valence electrons. The molecule has 9 rings (SSSR count). The first kappa shape index (κ1) is 29.7. The maximum absolute atomic E-state index is 10.7. The van der Waals surface area contributed by atoms with E-state index in [9.17, 15) is 5.11 Å². The van der Waals surface area contributed by atoms with Gasteiger partial charge in [-0.05, 0) is 107 Å². The summed E-state index contributed by atoms with van der Waals surface area (Å²) in [4.78, 5) is 0. The second-order valence-corrected chi connectivity index (χ2v) is 13.0. The molecular weight excluding hydrogens is 605 g/mol. The van der Waals surface area contributed by atoms with E-state index in [1.54, 1.807) is 6.07 Å². The SMILES string of the molecule is Cc1c(-c2cccc(-c3c4ccccc4c(-c4ccc(-c5cccc6ccccc56)cc4)c4ccccc34)c2)cccc1-c1ccccc1O. The summed E-state index contributed by atoms with van der Waals surface area (Å²) in [5.74, 6) is 0.294. The van der Waals surface area contributed by atoms with Gasteiger partial charge in [-0.2, -0.15) is 0 Å². The van der Waals surface area contributed by atoms with Crippen LogP contribution in [0.4, 0.5) is 0 Å². The van der Waals surface area contributed by atoms with E-state index in [0.717, 1.165) is 27.8 Å². The van der Waals surface area contributed by atoms with Crippen LogP contribution in [-0.2, 0) is 0 Å². The Morgan fingerprint density at radius 2 is 0.780 bits per heavy atom. The number of hydrogen-bond donors (Lipinski definition) is 1. The van der Waals surface area contributed by atoms with Gasteiger partial charge in [0.1, 0.15) is 5.75 Å². The van der Waals surface area contributed by atoms with E-state index in [0.29, 0.717) is 5.75 Å². The van der Waals surface area contributed by atoms with E-state index < -0.39 is 0 Å². The third kappa shape index (κ3) is 4.95. The van der Waals surface area contributed by atoms with Crippen LogP contribution in [0.2, 0.25) is 0 Å². The summed E-state index contributed by atoms with van der Waals surface area (Å²) in [6, 6.07) is 64.8. The monoisotopic (exact) mass is 638 g/mol. The second kappa shape index (κ2) is 12.2. The standard InChI is InChI=1S/C49H34O/c1-32-38(23-12-24-39(32)42-18-8-9-26-47(42)50)36-15-10-16-37(31-36)49-45-21-6-4-19-43(45)48(44-20-5-7-22-46(44)49)35-29-27-34(28-30-35)41-25-11-14-33-13-2-3-17-40(33)41/h2-31,50H,1H3. The summed E-state index contributed by atoms with van der Waals surface area (Å²) in [7, 11) is 0. The highest BCUT2D eigenvalue weighted by Gasteiger charge is 2.18. The molecule has 0 aliphatic carbocycles. The Balaban J connectivity index is 1.20. The van der Waals surface area contributed by atoms with Crippen molar-refractivity contribution in [1.82, 2.24) is 0 Å². The molecule has 1 nitrogen and oxygen atoms in total. The zero-order valence-corrected chi connectivity index (χ0v) is 27.8. The van der Waals surface area contributed by atoms with Crippen LogP contribution in [0, 0.1) is 6.92 Å². The van der Waals surface area contributed by atoms with Crippen LogP contribution in [-0.4, -0.2) is 5.11 Å². The molecule has 0 bridgehead atoms. The van der Waals surface area contributed by atoms with Gasteiger partial charge in [-0.1, -0.05) is 170 Å². The largest absolute Gasteiger partial charge is 0.507 e. The molecule has 0 amide bonds. The van der Waals surface area contributed by atoms with E-state index in [1.165, 1.54) is 65.7 Å². The van der Waals surface area contributed by atoms with Crippen molar-refractivity contribution < 1.29 is 5.11 Å². The van der Waals surface area contributed by atoms with Gasteiger partial charge in [0.05, 0.1) is 0 Å². The lowest BCUT2D eigenvalue weighted by molar-refractivity contribution is 0.477. The van der Waals surface area contributed by atoms with Crippen LogP contribution in [0.5, 0.6) is 5.75 Å². The van der Waals surface area contributed by atoms with Crippen molar-refractivity contribution in [3.8, 4) is 61.4 Å². The quantitative estimate of drug-likeness (QED) is 0.186.